The van der Waals surface area contributed by atoms with Crippen LogP contribution in [0.15, 0.2) is 170 Å². The third-order valence-corrected chi connectivity index (χ3v) is 14.4. The molecule has 0 fully saturated rings. The van der Waals surface area contributed by atoms with Crippen molar-refractivity contribution in [3.8, 4) is 35.0 Å². The first kappa shape index (κ1) is 30.4. The van der Waals surface area contributed by atoms with Crippen molar-refractivity contribution in [3.63, 3.8) is 0 Å². The lowest BCUT2D eigenvalue weighted by Gasteiger charge is -2.34. The minimum absolute atomic E-state index is 0.308. The van der Waals surface area contributed by atoms with Gasteiger partial charge < -0.3 is 4.57 Å². The average molecular weight is 653 g/mol. The third kappa shape index (κ3) is 4.80. The smallest absolute Gasteiger partial charge is 0.179 e. The van der Waals surface area contributed by atoms with Gasteiger partial charge >= 0.3 is 0 Å². The second-order valence-electron chi connectivity index (χ2n) is 12.3. The van der Waals surface area contributed by atoms with Gasteiger partial charge in [0.1, 0.15) is 12.1 Å². The van der Waals surface area contributed by atoms with Gasteiger partial charge in [0.15, 0.2) is 8.07 Å². The van der Waals surface area contributed by atoms with Crippen LogP contribution < -0.4 is 20.7 Å². The first-order valence-electron chi connectivity index (χ1n) is 16.4. The third-order valence-electron chi connectivity index (χ3n) is 9.64. The molecule has 0 bridgehead atoms. The van der Waals surface area contributed by atoms with Crippen molar-refractivity contribution in [2.24, 2.45) is 0 Å². The molecule has 0 spiro atoms. The molecule has 8 aromatic rings. The van der Waals surface area contributed by atoms with E-state index in [0.717, 1.165) is 33.1 Å². The standard InChI is InChI=1S/C45H28N4Si/c46-29-32-23-24-45-42(25-32)40-21-10-11-22-44(40)49(45)35-26-34(30-47)43(31-48)41(28-35)33-13-12-20-39(27-33)50(36-14-4-1-5-15-36,37-16-6-2-7-17-37)38-18-8-3-9-19-38/h1-28H. The Bertz CT molecular complexity index is 2580. The second-order valence-corrected chi connectivity index (χ2v) is 16.1. The summed E-state index contributed by atoms with van der Waals surface area (Å²) in [7, 11) is -2.84. The topological polar surface area (TPSA) is 76.3 Å². The van der Waals surface area contributed by atoms with E-state index in [-0.39, 0.29) is 0 Å². The van der Waals surface area contributed by atoms with Crippen molar-refractivity contribution in [1.82, 2.24) is 4.57 Å². The largest absolute Gasteiger partial charge is 0.309 e. The normalized spacial score (nSPS) is 11.1. The molecule has 232 valence electrons. The molecule has 7 aromatic carbocycles. The monoisotopic (exact) mass is 652 g/mol. The molecule has 0 saturated carbocycles. The number of benzene rings is 7. The Balaban J connectivity index is 1.42. The summed E-state index contributed by atoms with van der Waals surface area (Å²) < 4.78 is 2.12. The van der Waals surface area contributed by atoms with E-state index in [1.54, 1.807) is 6.07 Å². The minimum atomic E-state index is -2.84. The summed E-state index contributed by atoms with van der Waals surface area (Å²) in [4.78, 5) is 0. The molecule has 8 rings (SSSR count). The average Bonchev–Trinajstić information content (AvgIpc) is 3.52. The Morgan fingerprint density at radius 2 is 1.02 bits per heavy atom. The number of nitrogens with zero attached hydrogens (tertiary/aromatic N) is 4. The van der Waals surface area contributed by atoms with E-state index < -0.39 is 8.07 Å². The lowest BCUT2D eigenvalue weighted by Crippen LogP contribution is -2.74. The van der Waals surface area contributed by atoms with Crippen LogP contribution in [0.3, 0.4) is 0 Å². The second kappa shape index (κ2) is 12.6. The van der Waals surface area contributed by atoms with Crippen molar-refractivity contribution in [2.75, 3.05) is 0 Å². The van der Waals surface area contributed by atoms with Crippen LogP contribution in [0.25, 0.3) is 38.6 Å². The summed E-state index contributed by atoms with van der Waals surface area (Å²) in [6.07, 6.45) is 0. The molecular formula is C45H28N4Si. The van der Waals surface area contributed by atoms with Crippen LogP contribution in [0.5, 0.6) is 0 Å². The Kier molecular flexibility index (Phi) is 7.63. The molecule has 0 aliphatic heterocycles. The van der Waals surface area contributed by atoms with Crippen LogP contribution in [0, 0.1) is 34.0 Å². The van der Waals surface area contributed by atoms with Crippen molar-refractivity contribution in [2.45, 2.75) is 0 Å². The predicted octanol–water partition coefficient (Wildman–Crippen LogP) is 7.44. The Morgan fingerprint density at radius 3 is 1.62 bits per heavy atom. The fraction of sp³-hybridized carbons (Fsp3) is 0. The summed E-state index contributed by atoms with van der Waals surface area (Å²) in [6, 6.07) is 65.3. The van der Waals surface area contributed by atoms with E-state index in [2.05, 4.69) is 138 Å². The number of hydrogen-bond donors (Lipinski definition) is 0. The molecule has 0 saturated heterocycles. The highest BCUT2D eigenvalue weighted by atomic mass is 28.3. The van der Waals surface area contributed by atoms with Gasteiger partial charge in [-0.3, -0.25) is 0 Å². The number of para-hydroxylation sites is 1. The summed E-state index contributed by atoms with van der Waals surface area (Å²) >= 11 is 0. The maximum absolute atomic E-state index is 10.5. The van der Waals surface area contributed by atoms with Gasteiger partial charge in [-0.05, 0) is 62.7 Å². The number of fused-ring (bicyclic) bond motifs is 3. The fourth-order valence-electron chi connectivity index (χ4n) is 7.50. The van der Waals surface area contributed by atoms with Crippen LogP contribution in [0.2, 0.25) is 0 Å². The fourth-order valence-corrected chi connectivity index (χ4v) is 12.3. The molecule has 0 unspecified atom stereocenters. The van der Waals surface area contributed by atoms with Crippen LogP contribution in [0.1, 0.15) is 16.7 Å². The van der Waals surface area contributed by atoms with Crippen LogP contribution in [-0.4, -0.2) is 12.6 Å². The van der Waals surface area contributed by atoms with E-state index in [0.29, 0.717) is 22.3 Å². The van der Waals surface area contributed by atoms with E-state index in [1.807, 2.05) is 48.5 Å². The Morgan fingerprint density at radius 1 is 0.440 bits per heavy atom. The van der Waals surface area contributed by atoms with Gasteiger partial charge in [-0.2, -0.15) is 15.8 Å². The van der Waals surface area contributed by atoms with Crippen LogP contribution in [-0.2, 0) is 0 Å². The first-order valence-corrected chi connectivity index (χ1v) is 18.4. The molecule has 0 atom stereocenters. The zero-order chi connectivity index (χ0) is 34.1. The lowest BCUT2D eigenvalue weighted by atomic mass is 9.95. The summed E-state index contributed by atoms with van der Waals surface area (Å²) in [5.74, 6) is 0. The maximum atomic E-state index is 10.5. The van der Waals surface area contributed by atoms with Gasteiger partial charge in [-0.1, -0.05) is 133 Å². The molecule has 1 heterocycles. The van der Waals surface area contributed by atoms with Crippen molar-refractivity contribution in [3.05, 3.63) is 187 Å². The highest BCUT2D eigenvalue weighted by Crippen LogP contribution is 2.36. The van der Waals surface area contributed by atoms with Gasteiger partial charge in [0.25, 0.3) is 0 Å². The Hall–Kier alpha value is -6.97. The number of aromatic nitrogens is 1. The molecular weight excluding hydrogens is 625 g/mol. The molecule has 4 nitrogen and oxygen atoms in total. The minimum Gasteiger partial charge on any atom is -0.309 e. The number of nitriles is 3. The molecule has 50 heavy (non-hydrogen) atoms. The molecule has 0 radical (unpaired) electrons. The summed E-state index contributed by atoms with van der Waals surface area (Å²) in [5, 5.41) is 37.5. The predicted molar refractivity (Wildman–Crippen MR) is 204 cm³/mol. The number of hydrogen-bond acceptors (Lipinski definition) is 3. The van der Waals surface area contributed by atoms with E-state index >= 15 is 0 Å². The molecule has 1 aromatic heterocycles. The van der Waals surface area contributed by atoms with Gasteiger partial charge in [0.2, 0.25) is 0 Å². The Labute approximate surface area is 291 Å². The zero-order valence-corrected chi connectivity index (χ0v) is 28.0. The first-order chi connectivity index (χ1) is 24.7. The SMILES string of the molecule is N#Cc1ccc2c(c1)c1ccccc1n2-c1cc(C#N)c(C#N)c(-c2cccc([Si](c3ccccc3)(c3ccccc3)c3ccccc3)c2)c1. The maximum Gasteiger partial charge on any atom is 0.179 e. The highest BCUT2D eigenvalue weighted by Gasteiger charge is 2.41. The van der Waals surface area contributed by atoms with Gasteiger partial charge in [0.05, 0.1) is 33.8 Å². The molecule has 0 aliphatic rings. The van der Waals surface area contributed by atoms with Crippen molar-refractivity contribution in [1.29, 1.82) is 15.8 Å². The van der Waals surface area contributed by atoms with E-state index in [4.69, 9.17) is 0 Å². The quantitative estimate of drug-likeness (QED) is 0.138. The van der Waals surface area contributed by atoms with Crippen LogP contribution >= 0.6 is 0 Å². The molecule has 5 heteroatoms. The van der Waals surface area contributed by atoms with Gasteiger partial charge in [-0.15, -0.1) is 0 Å². The van der Waals surface area contributed by atoms with Crippen LogP contribution in [0.4, 0.5) is 0 Å². The van der Waals surface area contributed by atoms with Crippen molar-refractivity contribution < 1.29 is 0 Å². The van der Waals surface area contributed by atoms with E-state index in [1.165, 1.54) is 20.7 Å². The lowest BCUT2D eigenvalue weighted by molar-refractivity contribution is 1.17. The van der Waals surface area contributed by atoms with Crippen molar-refractivity contribution >= 4 is 50.6 Å². The summed E-state index contributed by atoms with van der Waals surface area (Å²) in [5.41, 5.74) is 5.43. The molecule has 0 amide bonds. The molecule has 0 aliphatic carbocycles. The summed E-state index contributed by atoms with van der Waals surface area (Å²) in [6.45, 7) is 0. The van der Waals surface area contributed by atoms with E-state index in [9.17, 15) is 15.8 Å². The number of rotatable bonds is 6. The van der Waals surface area contributed by atoms with Gasteiger partial charge in [0, 0.05) is 22.0 Å². The molecule has 0 N–H and O–H groups in total. The van der Waals surface area contributed by atoms with Gasteiger partial charge in [-0.25, -0.2) is 0 Å². The highest BCUT2D eigenvalue weighted by molar-refractivity contribution is 7.19. The zero-order valence-electron chi connectivity index (χ0n) is 27.0.